The highest BCUT2D eigenvalue weighted by Crippen LogP contribution is 2.19. The number of rotatable bonds is 7. The first kappa shape index (κ1) is 14.6. The predicted molar refractivity (Wildman–Crippen MR) is 70.9 cm³/mol. The molecule has 5 heteroatoms. The summed E-state index contributed by atoms with van der Waals surface area (Å²) in [5, 5.41) is 9.04. The number of carbonyl (C=O) groups is 1. The van der Waals surface area contributed by atoms with Crippen LogP contribution in [0.4, 0.5) is 0 Å². The Bertz CT molecular complexity index is 388. The lowest BCUT2D eigenvalue weighted by atomic mass is 10.3. The molecule has 0 aliphatic carbocycles. The van der Waals surface area contributed by atoms with E-state index in [-0.39, 0.29) is 13.2 Å². The fourth-order valence-electron chi connectivity index (χ4n) is 1.20. The molecule has 0 aliphatic rings. The lowest BCUT2D eigenvalue weighted by Crippen LogP contribution is -2.27. The molecule has 0 radical (unpaired) electrons. The summed E-state index contributed by atoms with van der Waals surface area (Å²) in [7, 11) is 0. The van der Waals surface area contributed by atoms with Crippen LogP contribution >= 0.6 is 11.8 Å². The van der Waals surface area contributed by atoms with Gasteiger partial charge in [-0.15, -0.1) is 11.8 Å². The van der Waals surface area contributed by atoms with Gasteiger partial charge in [-0.05, 0) is 30.5 Å². The first-order valence-electron chi connectivity index (χ1n) is 5.40. The van der Waals surface area contributed by atoms with Crippen molar-refractivity contribution in [3.63, 3.8) is 0 Å². The summed E-state index contributed by atoms with van der Waals surface area (Å²) in [6.07, 6.45) is 2.36. The highest BCUT2D eigenvalue weighted by Gasteiger charge is 2.12. The monoisotopic (exact) mass is 268 g/mol. The molecule has 98 valence electrons. The van der Waals surface area contributed by atoms with Crippen molar-refractivity contribution in [1.82, 2.24) is 0 Å². The average Bonchev–Trinajstić information content (AvgIpc) is 2.43. The number of aliphatic hydroxyl groups excluding tert-OH is 1. The number of thioether (sulfide) groups is 1. The third-order valence-corrected chi connectivity index (χ3v) is 2.89. The van der Waals surface area contributed by atoms with E-state index in [1.165, 1.54) is 0 Å². The molecular formula is C13H16O4S. The van der Waals surface area contributed by atoms with Crippen LogP contribution in [0.1, 0.15) is 0 Å². The maximum absolute atomic E-state index is 11.0. The van der Waals surface area contributed by atoms with Crippen molar-refractivity contribution in [2.75, 3.05) is 19.5 Å². The van der Waals surface area contributed by atoms with Gasteiger partial charge in [0.25, 0.3) is 0 Å². The van der Waals surface area contributed by atoms with Crippen LogP contribution in [-0.2, 0) is 9.53 Å². The fraction of sp³-hybridized carbons (Fsp3) is 0.308. The quantitative estimate of drug-likeness (QED) is 0.465. The highest BCUT2D eigenvalue weighted by molar-refractivity contribution is 7.98. The molecule has 0 saturated carbocycles. The van der Waals surface area contributed by atoms with E-state index in [2.05, 4.69) is 6.58 Å². The Morgan fingerprint density at radius 3 is 2.67 bits per heavy atom. The third-order valence-electron chi connectivity index (χ3n) is 2.15. The minimum Gasteiger partial charge on any atom is -0.490 e. The Morgan fingerprint density at radius 2 is 2.17 bits per heavy atom. The van der Waals surface area contributed by atoms with Gasteiger partial charge in [-0.1, -0.05) is 6.58 Å². The van der Waals surface area contributed by atoms with Crippen LogP contribution < -0.4 is 4.74 Å². The minimum absolute atomic E-state index is 0.106. The standard InChI is InChI=1S/C13H16O4S/c1-3-13(15)17-11(8-14)9-16-10-4-6-12(18-2)7-5-10/h3-7,11,14H,1,8-9H2,2H3/t11-/m1/s1. The van der Waals surface area contributed by atoms with Crippen LogP contribution in [0.2, 0.25) is 0 Å². The van der Waals surface area contributed by atoms with Gasteiger partial charge >= 0.3 is 5.97 Å². The minimum atomic E-state index is -0.685. The zero-order valence-electron chi connectivity index (χ0n) is 10.2. The molecule has 4 nitrogen and oxygen atoms in total. The van der Waals surface area contributed by atoms with Crippen LogP contribution in [0, 0.1) is 0 Å². The molecule has 1 rings (SSSR count). The third kappa shape index (κ3) is 4.81. The van der Waals surface area contributed by atoms with Crippen LogP contribution in [-0.4, -0.2) is 36.6 Å². The van der Waals surface area contributed by atoms with Gasteiger partial charge in [-0.3, -0.25) is 0 Å². The molecule has 1 atom stereocenters. The van der Waals surface area contributed by atoms with E-state index in [9.17, 15) is 4.79 Å². The molecule has 1 aromatic rings. The van der Waals surface area contributed by atoms with E-state index in [1.54, 1.807) is 11.8 Å². The van der Waals surface area contributed by atoms with Gasteiger partial charge in [0, 0.05) is 11.0 Å². The van der Waals surface area contributed by atoms with Crippen LogP contribution in [0.25, 0.3) is 0 Å². The molecule has 0 amide bonds. The largest absolute Gasteiger partial charge is 0.490 e. The van der Waals surface area contributed by atoms with Gasteiger partial charge in [0.05, 0.1) is 6.61 Å². The number of esters is 1. The number of benzene rings is 1. The lowest BCUT2D eigenvalue weighted by molar-refractivity contribution is -0.146. The molecule has 0 saturated heterocycles. The van der Waals surface area contributed by atoms with Gasteiger partial charge in [0.2, 0.25) is 0 Å². The molecule has 0 aliphatic heterocycles. The first-order chi connectivity index (χ1) is 8.69. The second-order valence-electron chi connectivity index (χ2n) is 3.43. The molecule has 0 heterocycles. The summed E-state index contributed by atoms with van der Waals surface area (Å²) < 4.78 is 10.3. The molecule has 1 N–H and O–H groups in total. The second-order valence-corrected chi connectivity index (χ2v) is 4.31. The van der Waals surface area contributed by atoms with E-state index < -0.39 is 12.1 Å². The van der Waals surface area contributed by atoms with Crippen molar-refractivity contribution in [3.8, 4) is 5.75 Å². The maximum atomic E-state index is 11.0. The smallest absolute Gasteiger partial charge is 0.330 e. The van der Waals surface area contributed by atoms with E-state index in [1.807, 2.05) is 30.5 Å². The van der Waals surface area contributed by atoms with E-state index in [0.717, 1.165) is 11.0 Å². The summed E-state index contributed by atoms with van der Waals surface area (Å²) in [5.41, 5.74) is 0. The lowest BCUT2D eigenvalue weighted by Gasteiger charge is -2.15. The highest BCUT2D eigenvalue weighted by atomic mass is 32.2. The Labute approximate surface area is 111 Å². The average molecular weight is 268 g/mol. The fourth-order valence-corrected chi connectivity index (χ4v) is 1.61. The first-order valence-corrected chi connectivity index (χ1v) is 6.62. The summed E-state index contributed by atoms with van der Waals surface area (Å²) in [6, 6.07) is 7.53. The van der Waals surface area contributed by atoms with Gasteiger partial charge in [0.1, 0.15) is 12.4 Å². The van der Waals surface area contributed by atoms with Gasteiger partial charge in [-0.25, -0.2) is 4.79 Å². The molecule has 0 bridgehead atoms. The van der Waals surface area contributed by atoms with Gasteiger partial charge in [-0.2, -0.15) is 0 Å². The predicted octanol–water partition coefficient (Wildman–Crippen LogP) is 1.88. The topological polar surface area (TPSA) is 55.8 Å². The number of hydrogen-bond donors (Lipinski definition) is 1. The van der Waals surface area contributed by atoms with Crippen molar-refractivity contribution in [3.05, 3.63) is 36.9 Å². The van der Waals surface area contributed by atoms with Gasteiger partial charge in [0.15, 0.2) is 6.10 Å². The van der Waals surface area contributed by atoms with Crippen molar-refractivity contribution >= 4 is 17.7 Å². The number of aliphatic hydroxyl groups is 1. The summed E-state index contributed by atoms with van der Waals surface area (Å²) in [5.74, 6) is 0.0938. The zero-order chi connectivity index (χ0) is 13.4. The summed E-state index contributed by atoms with van der Waals surface area (Å²) in [6.45, 7) is 3.10. The number of hydrogen-bond acceptors (Lipinski definition) is 5. The molecule has 0 unspecified atom stereocenters. The molecule has 1 aromatic carbocycles. The van der Waals surface area contributed by atoms with Crippen molar-refractivity contribution in [1.29, 1.82) is 0 Å². The molecule has 0 spiro atoms. The Morgan fingerprint density at radius 1 is 1.50 bits per heavy atom. The Hall–Kier alpha value is -1.46. The second kappa shape index (κ2) is 7.79. The van der Waals surface area contributed by atoms with Crippen LogP contribution in [0.3, 0.4) is 0 Å². The molecule has 0 fully saturated rings. The van der Waals surface area contributed by atoms with E-state index in [0.29, 0.717) is 5.75 Å². The SMILES string of the molecule is C=CC(=O)O[C@H](CO)COc1ccc(SC)cc1. The van der Waals surface area contributed by atoms with Gasteiger partial charge < -0.3 is 14.6 Å². The Balaban J connectivity index is 2.46. The van der Waals surface area contributed by atoms with Crippen LogP contribution in [0.15, 0.2) is 41.8 Å². The number of ether oxygens (including phenoxy) is 2. The zero-order valence-corrected chi connectivity index (χ0v) is 11.0. The van der Waals surface area contributed by atoms with Crippen molar-refractivity contribution in [2.45, 2.75) is 11.0 Å². The molecule has 18 heavy (non-hydrogen) atoms. The van der Waals surface area contributed by atoms with Crippen molar-refractivity contribution in [2.24, 2.45) is 0 Å². The van der Waals surface area contributed by atoms with Crippen molar-refractivity contribution < 1.29 is 19.4 Å². The summed E-state index contributed by atoms with van der Waals surface area (Å²) >= 11 is 1.64. The van der Waals surface area contributed by atoms with E-state index >= 15 is 0 Å². The van der Waals surface area contributed by atoms with Crippen LogP contribution in [0.5, 0.6) is 5.75 Å². The molecule has 0 aromatic heterocycles. The Kier molecular flexibility index (Phi) is 6.32. The van der Waals surface area contributed by atoms with E-state index in [4.69, 9.17) is 14.6 Å². The summed E-state index contributed by atoms with van der Waals surface area (Å²) in [4.78, 5) is 12.1. The maximum Gasteiger partial charge on any atom is 0.330 e. The number of carbonyl (C=O) groups excluding carboxylic acids is 1. The molecular weight excluding hydrogens is 252 g/mol. The normalized spacial score (nSPS) is 11.7.